The summed E-state index contributed by atoms with van der Waals surface area (Å²) in [5.41, 5.74) is 4.79. The maximum Gasteiger partial charge on any atom is 0.119 e. The first-order chi connectivity index (χ1) is 26.5. The van der Waals surface area contributed by atoms with Gasteiger partial charge in [-0.05, 0) is 78.7 Å². The highest BCUT2D eigenvalue weighted by Crippen LogP contribution is 2.15. The molecule has 0 aromatic heterocycles. The van der Waals surface area contributed by atoms with Crippen LogP contribution in [-0.4, -0.2) is 138 Å². The fraction of sp³-hybridized carbons (Fsp3) is 0.476. The lowest BCUT2D eigenvalue weighted by Crippen LogP contribution is -2.21. The molecule has 0 bridgehead atoms. The zero-order valence-electron chi connectivity index (χ0n) is 31.1. The Morgan fingerprint density at radius 2 is 0.833 bits per heavy atom. The predicted molar refractivity (Wildman–Crippen MR) is 203 cm³/mol. The second kappa shape index (κ2) is 28.4. The van der Waals surface area contributed by atoms with Gasteiger partial charge in [-0.2, -0.15) is 0 Å². The summed E-state index contributed by atoms with van der Waals surface area (Å²) < 4.78 is 43.7. The van der Waals surface area contributed by atoms with E-state index in [1.165, 1.54) is 0 Å². The topological polar surface area (TPSA) is 155 Å². The molecule has 0 aliphatic heterocycles. The van der Waals surface area contributed by atoms with E-state index in [1.807, 2.05) is 60.7 Å². The molecule has 4 N–H and O–H groups in total. The fourth-order valence-electron chi connectivity index (χ4n) is 4.50. The number of aliphatic hydroxyl groups excluding tert-OH is 4. The van der Waals surface area contributed by atoms with E-state index in [-0.39, 0.29) is 26.4 Å². The largest absolute Gasteiger partial charge is 0.491 e. The van der Waals surface area contributed by atoms with Gasteiger partial charge in [-0.25, -0.2) is 0 Å². The average Bonchev–Trinajstić information content (AvgIpc) is 3.21. The van der Waals surface area contributed by atoms with Crippen LogP contribution in [0.4, 0.5) is 0 Å². The fourth-order valence-corrected chi connectivity index (χ4v) is 4.50. The lowest BCUT2D eigenvalue weighted by atomic mass is 10.0. The van der Waals surface area contributed by atoms with Gasteiger partial charge in [0.1, 0.15) is 36.9 Å². The van der Waals surface area contributed by atoms with Gasteiger partial charge in [0.15, 0.2) is 0 Å². The molecule has 0 saturated heterocycles. The summed E-state index contributed by atoms with van der Waals surface area (Å²) in [6, 6.07) is 21.4. The van der Waals surface area contributed by atoms with E-state index in [0.29, 0.717) is 79.3 Å². The molecule has 0 radical (unpaired) electrons. The Morgan fingerprint density at radius 1 is 0.463 bits per heavy atom. The number of benzene rings is 3. The van der Waals surface area contributed by atoms with Gasteiger partial charge >= 0.3 is 0 Å². The van der Waals surface area contributed by atoms with Crippen molar-refractivity contribution < 1.29 is 58.3 Å². The van der Waals surface area contributed by atoms with Crippen LogP contribution in [0.1, 0.15) is 34.7 Å². The SMILES string of the molecule is CCc1cc(C#Cc2ccc(OCCOCCOCCOCC(O)CO)cc2)ccc1C#Cc1ccc(OCCOCCOCCOCC(O)CO)cc1. The van der Waals surface area contributed by atoms with Crippen LogP contribution < -0.4 is 9.47 Å². The molecule has 0 amide bonds. The molecule has 2 unspecified atom stereocenters. The summed E-state index contributed by atoms with van der Waals surface area (Å²) in [4.78, 5) is 0. The van der Waals surface area contributed by atoms with Gasteiger partial charge in [-0.15, -0.1) is 0 Å². The molecule has 12 nitrogen and oxygen atoms in total. The van der Waals surface area contributed by atoms with Crippen molar-refractivity contribution in [3.63, 3.8) is 0 Å². The molecule has 0 spiro atoms. The van der Waals surface area contributed by atoms with Crippen LogP contribution >= 0.6 is 0 Å². The predicted octanol–water partition coefficient (Wildman–Crippen LogP) is 2.61. The Bertz CT molecular complexity index is 1540. The number of aliphatic hydroxyl groups is 4. The van der Waals surface area contributed by atoms with E-state index in [9.17, 15) is 10.2 Å². The average molecular weight is 751 g/mol. The Balaban J connectivity index is 1.31. The Morgan fingerprint density at radius 3 is 1.26 bits per heavy atom. The second-order valence-electron chi connectivity index (χ2n) is 11.7. The zero-order chi connectivity index (χ0) is 38.5. The zero-order valence-corrected chi connectivity index (χ0v) is 31.1. The molecule has 0 fully saturated rings. The molecule has 0 aliphatic carbocycles. The summed E-state index contributed by atoms with van der Waals surface area (Å²) in [7, 11) is 0. The van der Waals surface area contributed by atoms with E-state index in [2.05, 4.69) is 36.7 Å². The first kappa shape index (κ1) is 44.4. The van der Waals surface area contributed by atoms with Gasteiger partial charge in [0.2, 0.25) is 0 Å². The van der Waals surface area contributed by atoms with Gasteiger partial charge in [-0.3, -0.25) is 0 Å². The van der Waals surface area contributed by atoms with Crippen LogP contribution in [0.2, 0.25) is 0 Å². The quantitative estimate of drug-likeness (QED) is 0.0669. The van der Waals surface area contributed by atoms with Gasteiger partial charge in [0, 0.05) is 22.3 Å². The van der Waals surface area contributed by atoms with Crippen LogP contribution in [0.25, 0.3) is 0 Å². The van der Waals surface area contributed by atoms with E-state index in [0.717, 1.165) is 45.7 Å². The molecular weight excluding hydrogens is 696 g/mol. The third-order valence-electron chi connectivity index (χ3n) is 7.41. The third kappa shape index (κ3) is 19.9. The molecule has 2 atom stereocenters. The van der Waals surface area contributed by atoms with E-state index < -0.39 is 12.2 Å². The number of hydrogen-bond donors (Lipinski definition) is 4. The van der Waals surface area contributed by atoms with Crippen LogP contribution in [0.3, 0.4) is 0 Å². The maximum absolute atomic E-state index is 9.19. The molecule has 3 aromatic rings. The second-order valence-corrected chi connectivity index (χ2v) is 11.7. The monoisotopic (exact) mass is 750 g/mol. The van der Waals surface area contributed by atoms with Gasteiger partial charge in [0.25, 0.3) is 0 Å². The summed E-state index contributed by atoms with van der Waals surface area (Å²) in [5.74, 6) is 14.5. The molecule has 0 heterocycles. The molecular formula is C42H54O12. The molecule has 294 valence electrons. The third-order valence-corrected chi connectivity index (χ3v) is 7.41. The van der Waals surface area contributed by atoms with Crippen LogP contribution in [0.15, 0.2) is 66.7 Å². The molecule has 3 rings (SSSR count). The van der Waals surface area contributed by atoms with Crippen molar-refractivity contribution in [2.75, 3.05) is 106 Å². The number of hydrogen-bond acceptors (Lipinski definition) is 12. The minimum atomic E-state index is -0.860. The summed E-state index contributed by atoms with van der Waals surface area (Å²) in [6.07, 6.45) is -0.886. The normalized spacial score (nSPS) is 11.9. The maximum atomic E-state index is 9.19. The summed E-state index contributed by atoms with van der Waals surface area (Å²) in [6.45, 7) is 6.53. The van der Waals surface area contributed by atoms with Gasteiger partial charge in [0.05, 0.1) is 92.5 Å². The van der Waals surface area contributed by atoms with E-state index >= 15 is 0 Å². The Labute approximate surface area is 318 Å². The van der Waals surface area contributed by atoms with Crippen molar-refractivity contribution in [1.29, 1.82) is 0 Å². The Kier molecular flexibility index (Phi) is 23.4. The van der Waals surface area contributed by atoms with Crippen molar-refractivity contribution in [1.82, 2.24) is 0 Å². The highest BCUT2D eigenvalue weighted by Gasteiger charge is 2.03. The van der Waals surface area contributed by atoms with Crippen molar-refractivity contribution >= 4 is 0 Å². The number of aryl methyl sites for hydroxylation is 1. The number of ether oxygens (including phenoxy) is 8. The lowest BCUT2D eigenvalue weighted by molar-refractivity contribution is -0.0240. The van der Waals surface area contributed by atoms with Crippen LogP contribution in [-0.2, 0) is 34.8 Å². The van der Waals surface area contributed by atoms with Crippen molar-refractivity contribution in [3.05, 3.63) is 94.5 Å². The molecule has 3 aromatic carbocycles. The van der Waals surface area contributed by atoms with Crippen LogP contribution in [0, 0.1) is 23.7 Å². The highest BCUT2D eigenvalue weighted by molar-refractivity contribution is 5.52. The van der Waals surface area contributed by atoms with E-state index in [4.69, 9.17) is 48.1 Å². The van der Waals surface area contributed by atoms with Crippen LogP contribution in [0.5, 0.6) is 11.5 Å². The summed E-state index contributed by atoms with van der Waals surface area (Å²) in [5, 5.41) is 35.8. The molecule has 12 heteroatoms. The molecule has 54 heavy (non-hydrogen) atoms. The molecule has 0 saturated carbocycles. The minimum Gasteiger partial charge on any atom is -0.491 e. The first-order valence-electron chi connectivity index (χ1n) is 18.2. The van der Waals surface area contributed by atoms with E-state index in [1.54, 1.807) is 0 Å². The van der Waals surface area contributed by atoms with Gasteiger partial charge < -0.3 is 58.3 Å². The van der Waals surface area contributed by atoms with Gasteiger partial charge in [-0.1, -0.05) is 30.6 Å². The van der Waals surface area contributed by atoms with Crippen molar-refractivity contribution in [3.8, 4) is 35.2 Å². The van der Waals surface area contributed by atoms with Crippen molar-refractivity contribution in [2.45, 2.75) is 25.6 Å². The minimum absolute atomic E-state index is 0.0852. The highest BCUT2D eigenvalue weighted by atomic mass is 16.6. The number of rotatable bonds is 27. The summed E-state index contributed by atoms with van der Waals surface area (Å²) >= 11 is 0. The molecule has 0 aliphatic rings. The first-order valence-corrected chi connectivity index (χ1v) is 18.2. The lowest BCUT2D eigenvalue weighted by Gasteiger charge is -2.09. The van der Waals surface area contributed by atoms with Crippen molar-refractivity contribution in [2.24, 2.45) is 0 Å². The Hall–Kier alpha value is -4.02. The smallest absolute Gasteiger partial charge is 0.119 e. The standard InChI is InChI=1S/C42H54O12/c1-2-37-29-36(4-3-34-7-13-41(14-8-34)53-27-25-49-19-17-47-21-23-51-32-39(45)30-43)6-12-38(37)11-5-35-9-15-42(16-10-35)54-28-26-50-20-18-48-22-24-52-33-40(46)31-44/h6-10,12-16,29,39-40,43-46H,2,17-28,30-33H2,1H3.